The summed E-state index contributed by atoms with van der Waals surface area (Å²) in [4.78, 5) is 35.4. The van der Waals surface area contributed by atoms with Gasteiger partial charge in [-0.3, -0.25) is 14.4 Å². The molecule has 7 nitrogen and oxygen atoms in total. The predicted molar refractivity (Wildman–Crippen MR) is 92.1 cm³/mol. The molecule has 3 amide bonds. The molecule has 1 aliphatic carbocycles. The van der Waals surface area contributed by atoms with E-state index in [0.29, 0.717) is 11.4 Å². The van der Waals surface area contributed by atoms with Crippen LogP contribution in [-0.2, 0) is 9.59 Å². The number of nitrogens with one attached hydrogen (secondary N) is 3. The number of furan rings is 1. The van der Waals surface area contributed by atoms with E-state index in [1.807, 2.05) is 0 Å². The zero-order chi connectivity index (χ0) is 17.6. The Morgan fingerprint density at radius 2 is 1.80 bits per heavy atom. The van der Waals surface area contributed by atoms with Gasteiger partial charge in [-0.1, -0.05) is 6.07 Å². The third-order valence-electron chi connectivity index (χ3n) is 3.74. The zero-order valence-corrected chi connectivity index (χ0v) is 13.6. The first-order valence-corrected chi connectivity index (χ1v) is 8.14. The lowest BCUT2D eigenvalue weighted by Crippen LogP contribution is -2.27. The fraction of sp³-hybridized carbons (Fsp3) is 0.278. The monoisotopic (exact) mass is 341 g/mol. The number of carbonyl (C=O) groups excluding carboxylic acids is 3. The molecule has 0 spiro atoms. The standard InChI is InChI=1S/C18H19N3O4/c22-16(8-9-19-18(24)15-5-2-10-25-15)20-13-3-1-4-14(11-13)21-17(23)12-6-7-12/h1-5,10-12H,6-9H2,(H,19,24)(H,20,22)(H,21,23). The SMILES string of the molecule is O=C(CCNC(=O)c1ccco1)Nc1cccc(NC(=O)C2CC2)c1. The van der Waals surface area contributed by atoms with Gasteiger partial charge in [0, 0.05) is 30.3 Å². The van der Waals surface area contributed by atoms with Crippen LogP contribution in [0.25, 0.3) is 0 Å². The third-order valence-corrected chi connectivity index (χ3v) is 3.74. The van der Waals surface area contributed by atoms with Crippen LogP contribution in [0, 0.1) is 5.92 Å². The van der Waals surface area contributed by atoms with Gasteiger partial charge in [-0.15, -0.1) is 0 Å². The maximum Gasteiger partial charge on any atom is 0.286 e. The molecule has 0 atom stereocenters. The fourth-order valence-electron chi connectivity index (χ4n) is 2.27. The van der Waals surface area contributed by atoms with Crippen molar-refractivity contribution in [3.8, 4) is 0 Å². The van der Waals surface area contributed by atoms with Crippen molar-refractivity contribution in [2.24, 2.45) is 5.92 Å². The fourth-order valence-corrected chi connectivity index (χ4v) is 2.27. The number of amides is 3. The number of benzene rings is 1. The smallest absolute Gasteiger partial charge is 0.286 e. The molecular weight excluding hydrogens is 322 g/mol. The highest BCUT2D eigenvalue weighted by Crippen LogP contribution is 2.30. The second-order valence-electron chi connectivity index (χ2n) is 5.88. The number of rotatable bonds is 7. The summed E-state index contributed by atoms with van der Waals surface area (Å²) in [6.07, 6.45) is 3.42. The zero-order valence-electron chi connectivity index (χ0n) is 13.6. The molecule has 0 aliphatic heterocycles. The molecule has 0 bridgehead atoms. The summed E-state index contributed by atoms with van der Waals surface area (Å²) in [7, 11) is 0. The Kier molecular flexibility index (Phi) is 5.13. The minimum atomic E-state index is -0.359. The molecule has 0 saturated heterocycles. The van der Waals surface area contributed by atoms with Gasteiger partial charge in [0.2, 0.25) is 11.8 Å². The number of hydrogen-bond acceptors (Lipinski definition) is 4. The van der Waals surface area contributed by atoms with E-state index in [9.17, 15) is 14.4 Å². The first kappa shape index (κ1) is 16.8. The van der Waals surface area contributed by atoms with Crippen LogP contribution in [0.15, 0.2) is 47.1 Å². The Morgan fingerprint density at radius 3 is 2.48 bits per heavy atom. The molecule has 1 heterocycles. The Bertz CT molecular complexity index is 766. The summed E-state index contributed by atoms with van der Waals surface area (Å²) in [5.41, 5.74) is 1.25. The van der Waals surface area contributed by atoms with Crippen LogP contribution >= 0.6 is 0 Å². The quantitative estimate of drug-likeness (QED) is 0.720. The minimum absolute atomic E-state index is 0.0177. The largest absolute Gasteiger partial charge is 0.459 e. The van der Waals surface area contributed by atoms with Crippen molar-refractivity contribution in [3.05, 3.63) is 48.4 Å². The van der Waals surface area contributed by atoms with E-state index in [4.69, 9.17) is 4.42 Å². The Morgan fingerprint density at radius 1 is 1.04 bits per heavy atom. The lowest BCUT2D eigenvalue weighted by Gasteiger charge is -2.09. The van der Waals surface area contributed by atoms with Crippen molar-refractivity contribution in [2.75, 3.05) is 17.2 Å². The number of hydrogen-bond donors (Lipinski definition) is 3. The lowest BCUT2D eigenvalue weighted by molar-refractivity contribution is -0.117. The second-order valence-corrected chi connectivity index (χ2v) is 5.88. The average Bonchev–Trinajstić information content (AvgIpc) is 3.29. The van der Waals surface area contributed by atoms with Gasteiger partial charge in [-0.2, -0.15) is 0 Å². The molecule has 3 rings (SSSR count). The Labute approximate surface area is 144 Å². The van der Waals surface area contributed by atoms with Crippen LogP contribution in [0.3, 0.4) is 0 Å². The van der Waals surface area contributed by atoms with Gasteiger partial charge in [0.15, 0.2) is 5.76 Å². The molecule has 130 valence electrons. The Balaban J connectivity index is 1.44. The first-order valence-electron chi connectivity index (χ1n) is 8.14. The predicted octanol–water partition coefficient (Wildman–Crippen LogP) is 2.39. The molecule has 1 aliphatic rings. The minimum Gasteiger partial charge on any atom is -0.459 e. The molecule has 1 aromatic carbocycles. The maximum absolute atomic E-state index is 12.0. The summed E-state index contributed by atoms with van der Waals surface area (Å²) in [6, 6.07) is 10.2. The maximum atomic E-state index is 12.0. The molecule has 3 N–H and O–H groups in total. The van der Waals surface area contributed by atoms with E-state index in [2.05, 4.69) is 16.0 Å². The van der Waals surface area contributed by atoms with E-state index in [0.717, 1.165) is 12.8 Å². The molecule has 2 aromatic rings. The second kappa shape index (κ2) is 7.65. The van der Waals surface area contributed by atoms with Crippen LogP contribution in [0.2, 0.25) is 0 Å². The topological polar surface area (TPSA) is 100 Å². The van der Waals surface area contributed by atoms with Crippen molar-refractivity contribution in [1.29, 1.82) is 0 Å². The average molecular weight is 341 g/mol. The van der Waals surface area contributed by atoms with Gasteiger partial charge in [0.25, 0.3) is 5.91 Å². The highest BCUT2D eigenvalue weighted by atomic mass is 16.3. The normalized spacial score (nSPS) is 13.1. The molecular formula is C18H19N3O4. The van der Waals surface area contributed by atoms with Crippen LogP contribution in [0.5, 0.6) is 0 Å². The molecule has 7 heteroatoms. The lowest BCUT2D eigenvalue weighted by atomic mass is 10.2. The summed E-state index contributed by atoms with van der Waals surface area (Å²) in [5, 5.41) is 8.19. The molecule has 0 unspecified atom stereocenters. The van der Waals surface area contributed by atoms with Gasteiger partial charge in [0.1, 0.15) is 0 Å². The van der Waals surface area contributed by atoms with Crippen molar-refractivity contribution in [1.82, 2.24) is 5.32 Å². The van der Waals surface area contributed by atoms with Gasteiger partial charge in [-0.25, -0.2) is 0 Å². The summed E-state index contributed by atoms with van der Waals surface area (Å²) < 4.78 is 4.97. The van der Waals surface area contributed by atoms with Gasteiger partial charge in [0.05, 0.1) is 6.26 Å². The first-order chi connectivity index (χ1) is 12.1. The molecule has 1 aromatic heterocycles. The van der Waals surface area contributed by atoms with E-state index >= 15 is 0 Å². The van der Waals surface area contributed by atoms with Crippen LogP contribution in [0.1, 0.15) is 29.8 Å². The van der Waals surface area contributed by atoms with Crippen molar-refractivity contribution in [2.45, 2.75) is 19.3 Å². The van der Waals surface area contributed by atoms with Crippen LogP contribution in [0.4, 0.5) is 11.4 Å². The van der Waals surface area contributed by atoms with Gasteiger partial charge < -0.3 is 20.4 Å². The highest BCUT2D eigenvalue weighted by molar-refractivity contribution is 5.96. The summed E-state index contributed by atoms with van der Waals surface area (Å²) >= 11 is 0. The van der Waals surface area contributed by atoms with Crippen molar-refractivity contribution >= 4 is 29.1 Å². The summed E-state index contributed by atoms with van der Waals surface area (Å²) in [6.45, 7) is 0.198. The Hall–Kier alpha value is -3.09. The third kappa shape index (κ3) is 4.94. The van der Waals surface area contributed by atoms with Crippen molar-refractivity contribution < 1.29 is 18.8 Å². The van der Waals surface area contributed by atoms with Crippen molar-refractivity contribution in [3.63, 3.8) is 0 Å². The number of carbonyl (C=O) groups is 3. The van der Waals surface area contributed by atoms with E-state index < -0.39 is 0 Å². The number of anilines is 2. The van der Waals surface area contributed by atoms with Gasteiger partial charge >= 0.3 is 0 Å². The molecule has 1 fully saturated rings. The van der Waals surface area contributed by atoms with Crippen LogP contribution < -0.4 is 16.0 Å². The van der Waals surface area contributed by atoms with Gasteiger partial charge in [-0.05, 0) is 43.2 Å². The van der Waals surface area contributed by atoms with Crippen LogP contribution in [-0.4, -0.2) is 24.3 Å². The summed E-state index contributed by atoms with van der Waals surface area (Å²) in [5.74, 6) is -0.243. The molecule has 0 radical (unpaired) electrons. The molecule has 1 saturated carbocycles. The van der Waals surface area contributed by atoms with E-state index in [1.54, 1.807) is 36.4 Å². The highest BCUT2D eigenvalue weighted by Gasteiger charge is 2.29. The van der Waals surface area contributed by atoms with E-state index in [-0.39, 0.29) is 42.4 Å². The van der Waals surface area contributed by atoms with E-state index in [1.165, 1.54) is 6.26 Å². The molecule has 25 heavy (non-hydrogen) atoms.